The van der Waals surface area contributed by atoms with E-state index in [9.17, 15) is 8.42 Å². The van der Waals surface area contributed by atoms with Crippen molar-refractivity contribution in [2.75, 3.05) is 27.4 Å². The van der Waals surface area contributed by atoms with Crippen molar-refractivity contribution >= 4 is 10.0 Å². The van der Waals surface area contributed by atoms with Gasteiger partial charge in [0.1, 0.15) is 17.3 Å². The molecule has 0 atom stereocenters. The fourth-order valence-corrected chi connectivity index (χ4v) is 3.53. The predicted molar refractivity (Wildman–Crippen MR) is 96.1 cm³/mol. The first kappa shape index (κ1) is 19.1. The molecular formula is C18H23NO5S. The summed E-state index contributed by atoms with van der Waals surface area (Å²) in [5.41, 5.74) is 1.85. The average Bonchev–Trinajstić information content (AvgIpc) is 2.60. The molecule has 0 aliphatic carbocycles. The molecule has 0 aliphatic heterocycles. The van der Waals surface area contributed by atoms with Crippen molar-refractivity contribution in [3.05, 3.63) is 47.5 Å². The smallest absolute Gasteiger partial charge is 0.244 e. The van der Waals surface area contributed by atoms with Gasteiger partial charge in [0.15, 0.2) is 11.5 Å². The summed E-state index contributed by atoms with van der Waals surface area (Å²) in [5.74, 6) is 1.48. The lowest BCUT2D eigenvalue weighted by molar-refractivity contribution is 0.298. The zero-order valence-corrected chi connectivity index (χ0v) is 15.6. The van der Waals surface area contributed by atoms with Gasteiger partial charge >= 0.3 is 0 Å². The summed E-state index contributed by atoms with van der Waals surface area (Å²) in [6.45, 7) is 4.06. The fourth-order valence-electron chi connectivity index (χ4n) is 2.29. The lowest BCUT2D eigenvalue weighted by Gasteiger charge is -2.14. The zero-order chi connectivity index (χ0) is 18.4. The molecule has 0 fully saturated rings. The van der Waals surface area contributed by atoms with Gasteiger partial charge in [-0.15, -0.1) is 0 Å². The average molecular weight is 365 g/mol. The van der Waals surface area contributed by atoms with E-state index >= 15 is 0 Å². The first-order valence-corrected chi connectivity index (χ1v) is 9.28. The Bertz CT molecular complexity index is 833. The topological polar surface area (TPSA) is 73.9 Å². The number of aryl methyl sites for hydroxylation is 2. The third-order valence-electron chi connectivity index (χ3n) is 3.79. The summed E-state index contributed by atoms with van der Waals surface area (Å²) < 4.78 is 43.6. The summed E-state index contributed by atoms with van der Waals surface area (Å²) in [6, 6.07) is 10.5. The van der Waals surface area contributed by atoms with Crippen LogP contribution < -0.4 is 18.9 Å². The maximum atomic E-state index is 12.5. The number of benzene rings is 2. The number of nitrogens with one attached hydrogen (secondary N) is 1. The highest BCUT2D eigenvalue weighted by Crippen LogP contribution is 2.27. The van der Waals surface area contributed by atoms with Crippen LogP contribution in [0.3, 0.4) is 0 Å². The van der Waals surface area contributed by atoms with E-state index in [-0.39, 0.29) is 18.0 Å². The van der Waals surface area contributed by atoms with Crippen molar-refractivity contribution in [1.82, 2.24) is 4.72 Å². The number of methoxy groups -OCH3 is 2. The third-order valence-corrected chi connectivity index (χ3v) is 5.27. The molecule has 25 heavy (non-hydrogen) atoms. The molecule has 0 aliphatic rings. The van der Waals surface area contributed by atoms with Crippen molar-refractivity contribution in [2.24, 2.45) is 0 Å². The molecule has 0 saturated carbocycles. The van der Waals surface area contributed by atoms with Crippen molar-refractivity contribution in [3.8, 4) is 17.2 Å². The monoisotopic (exact) mass is 365 g/mol. The van der Waals surface area contributed by atoms with Crippen LogP contribution in [0.5, 0.6) is 17.2 Å². The van der Waals surface area contributed by atoms with Gasteiger partial charge in [0, 0.05) is 6.54 Å². The lowest BCUT2D eigenvalue weighted by Crippen LogP contribution is -2.28. The van der Waals surface area contributed by atoms with Crippen LogP contribution >= 0.6 is 0 Å². The molecule has 2 aromatic carbocycles. The molecule has 0 amide bonds. The molecule has 0 spiro atoms. The minimum absolute atomic E-state index is 0.121. The number of sulfonamides is 1. The zero-order valence-electron chi connectivity index (χ0n) is 14.8. The molecule has 7 heteroatoms. The molecule has 6 nitrogen and oxygen atoms in total. The minimum atomic E-state index is -3.70. The Morgan fingerprint density at radius 3 is 2.16 bits per heavy atom. The van der Waals surface area contributed by atoms with Crippen LogP contribution in [-0.2, 0) is 10.0 Å². The maximum Gasteiger partial charge on any atom is 0.244 e. The van der Waals surface area contributed by atoms with Crippen LogP contribution in [0.25, 0.3) is 0 Å². The SMILES string of the molecule is COc1ccccc1OCCNS(=O)(=O)c1cc(C)c(C)cc1OC. The highest BCUT2D eigenvalue weighted by molar-refractivity contribution is 7.89. The first-order chi connectivity index (χ1) is 11.9. The number of para-hydroxylation sites is 2. The molecule has 0 radical (unpaired) electrons. The van der Waals surface area contributed by atoms with E-state index in [1.54, 1.807) is 31.4 Å². The molecule has 0 aromatic heterocycles. The van der Waals surface area contributed by atoms with Crippen molar-refractivity contribution < 1.29 is 22.6 Å². The quantitative estimate of drug-likeness (QED) is 0.728. The normalized spacial score (nSPS) is 11.2. The Labute approximate surface area is 148 Å². The summed E-state index contributed by atoms with van der Waals surface area (Å²) >= 11 is 0. The van der Waals surface area contributed by atoms with Gasteiger partial charge in [-0.2, -0.15) is 0 Å². The highest BCUT2D eigenvalue weighted by atomic mass is 32.2. The van der Waals surface area contributed by atoms with Gasteiger partial charge in [0.05, 0.1) is 14.2 Å². The Kier molecular flexibility index (Phi) is 6.27. The van der Waals surface area contributed by atoms with Crippen LogP contribution in [0.15, 0.2) is 41.3 Å². The molecular weight excluding hydrogens is 342 g/mol. The van der Waals surface area contributed by atoms with Crippen LogP contribution in [0.1, 0.15) is 11.1 Å². The summed E-state index contributed by atoms with van der Waals surface area (Å²) in [7, 11) is -0.694. The van der Waals surface area contributed by atoms with E-state index < -0.39 is 10.0 Å². The van der Waals surface area contributed by atoms with E-state index in [1.807, 2.05) is 26.0 Å². The molecule has 2 aromatic rings. The fraction of sp³-hybridized carbons (Fsp3) is 0.333. The van der Waals surface area contributed by atoms with E-state index in [0.717, 1.165) is 11.1 Å². The first-order valence-electron chi connectivity index (χ1n) is 7.79. The van der Waals surface area contributed by atoms with E-state index in [4.69, 9.17) is 14.2 Å². The van der Waals surface area contributed by atoms with E-state index in [0.29, 0.717) is 17.2 Å². The Morgan fingerprint density at radius 1 is 0.920 bits per heavy atom. The molecule has 0 bridgehead atoms. The molecule has 1 N–H and O–H groups in total. The molecule has 2 rings (SSSR count). The van der Waals surface area contributed by atoms with Crippen LogP contribution in [0.4, 0.5) is 0 Å². The standard InChI is InChI=1S/C18H23NO5S/c1-13-11-17(23-4)18(12-14(13)2)25(20,21)19-9-10-24-16-8-6-5-7-15(16)22-3/h5-8,11-12,19H,9-10H2,1-4H3. The number of hydrogen-bond donors (Lipinski definition) is 1. The predicted octanol–water partition coefficient (Wildman–Crippen LogP) is 2.68. The van der Waals surface area contributed by atoms with Crippen molar-refractivity contribution in [1.29, 1.82) is 0 Å². The van der Waals surface area contributed by atoms with Crippen LogP contribution in [0, 0.1) is 13.8 Å². The summed E-state index contributed by atoms with van der Waals surface area (Å²) in [6.07, 6.45) is 0. The van der Waals surface area contributed by atoms with Gasteiger partial charge in [-0.25, -0.2) is 13.1 Å². The highest BCUT2D eigenvalue weighted by Gasteiger charge is 2.20. The lowest BCUT2D eigenvalue weighted by atomic mass is 10.1. The molecule has 0 saturated heterocycles. The van der Waals surface area contributed by atoms with Crippen molar-refractivity contribution in [3.63, 3.8) is 0 Å². The second-order valence-corrected chi connectivity index (χ2v) is 7.22. The molecule has 0 unspecified atom stereocenters. The Balaban J connectivity index is 2.04. The minimum Gasteiger partial charge on any atom is -0.495 e. The van der Waals surface area contributed by atoms with E-state index in [1.165, 1.54) is 7.11 Å². The number of rotatable bonds is 8. The summed E-state index contributed by atoms with van der Waals surface area (Å²) in [4.78, 5) is 0.121. The maximum absolute atomic E-state index is 12.5. The largest absolute Gasteiger partial charge is 0.495 e. The van der Waals surface area contributed by atoms with Crippen LogP contribution in [-0.4, -0.2) is 35.8 Å². The van der Waals surface area contributed by atoms with Gasteiger partial charge in [-0.05, 0) is 49.2 Å². The number of ether oxygens (including phenoxy) is 3. The van der Waals surface area contributed by atoms with Gasteiger partial charge in [0.25, 0.3) is 0 Å². The van der Waals surface area contributed by atoms with Gasteiger partial charge in [-0.3, -0.25) is 0 Å². The van der Waals surface area contributed by atoms with Gasteiger partial charge < -0.3 is 14.2 Å². The Morgan fingerprint density at radius 2 is 1.52 bits per heavy atom. The number of hydrogen-bond acceptors (Lipinski definition) is 5. The second-order valence-electron chi connectivity index (χ2n) is 5.48. The molecule has 0 heterocycles. The van der Waals surface area contributed by atoms with Crippen molar-refractivity contribution in [2.45, 2.75) is 18.7 Å². The Hall–Kier alpha value is -2.25. The second kappa shape index (κ2) is 8.22. The van der Waals surface area contributed by atoms with Gasteiger partial charge in [-0.1, -0.05) is 12.1 Å². The van der Waals surface area contributed by atoms with Crippen LogP contribution in [0.2, 0.25) is 0 Å². The third kappa shape index (κ3) is 4.64. The van der Waals surface area contributed by atoms with E-state index in [2.05, 4.69) is 4.72 Å². The molecule has 136 valence electrons. The van der Waals surface area contributed by atoms with Gasteiger partial charge in [0.2, 0.25) is 10.0 Å². The summed E-state index contributed by atoms with van der Waals surface area (Å²) in [5, 5.41) is 0.